The first-order valence-corrected chi connectivity index (χ1v) is 35.7. The highest BCUT2D eigenvalue weighted by Crippen LogP contribution is 2.50. The minimum Gasteiger partial charge on any atom is -0.508 e. The minimum absolute atomic E-state index is 0.106. The van der Waals surface area contributed by atoms with Crippen molar-refractivity contribution in [3.63, 3.8) is 0 Å². The van der Waals surface area contributed by atoms with Gasteiger partial charge in [0.1, 0.15) is 95.5 Å². The number of nitrogens with two attached hydrogens (primary N) is 2. The van der Waals surface area contributed by atoms with Crippen LogP contribution in [0.1, 0.15) is 105 Å². The number of hydrogen-bond acceptors (Lipinski definition) is 26. The van der Waals surface area contributed by atoms with Crippen LogP contribution in [-0.2, 0) is 57.4 Å². The van der Waals surface area contributed by atoms with E-state index in [9.17, 15) is 69.9 Å². The predicted octanol–water partition coefficient (Wildman–Crippen LogP) is 0.776. The van der Waals surface area contributed by atoms with Crippen LogP contribution < -0.4 is 73.5 Å². The van der Waals surface area contributed by atoms with Crippen molar-refractivity contribution in [2.75, 3.05) is 25.5 Å². The Morgan fingerprint density at radius 2 is 1.32 bits per heavy atom. The van der Waals surface area contributed by atoms with E-state index in [0.717, 1.165) is 66.7 Å². The summed E-state index contributed by atoms with van der Waals surface area (Å²) in [4.78, 5) is 133. The molecule has 7 heterocycles. The van der Waals surface area contributed by atoms with Gasteiger partial charge in [-0.1, -0.05) is 73.4 Å². The largest absolute Gasteiger partial charge is 0.508 e. The standard InChI is InChI=1S/C74H83Cl2N11O24/c1-29(2)17-41(79-5)66(99)86-57-59(94)32-12-15-45(39(75)19-32)107-47-21-34-22-48(63(47)111-73-64(62(97)61(96)49(28-88)109-73)110-52-26-74(4,78)65(98)30(3)106-52)108-46-16-13-33(20-40(46)76)60(95)58-72(105)85-56(68(101)80-27-51(93)81-35-9-7-6-8-10-35)38-23-36(89)24-44(91)53(38)37-18-31(11-14-43(37)90)54(69(102)87-58)84-70(103)55(34)83-67(100)42(25-50(77)92)82-71(57)104/h6-16,18-24,29-30,41-42,49,52,54-62,64-65,73,79,88-91,94-98H,17,25-28,78H2,1-5H3,(H2,77,92)(H,80,101)(H,81,93)(H,82,104)(H,83,100)(H,84,103)(H,85,105)(H,86,99)(H,87,102)/t30-,41+,42-,49+,52?,54+,55?,56?,57+,58-,59+,60+,61+,62-,64+,65+,73-,74-/m0/s1. The van der Waals surface area contributed by atoms with Crippen LogP contribution >= 0.6 is 23.2 Å². The molecule has 0 aliphatic carbocycles. The van der Waals surface area contributed by atoms with Gasteiger partial charge >= 0.3 is 0 Å². The van der Waals surface area contributed by atoms with E-state index in [1.807, 2.05) is 13.8 Å². The predicted molar refractivity (Wildman–Crippen MR) is 390 cm³/mol. The summed E-state index contributed by atoms with van der Waals surface area (Å²) in [5, 5.41) is 127. The molecule has 7 aliphatic heterocycles. The molecule has 6 aromatic carbocycles. The van der Waals surface area contributed by atoms with Crippen molar-refractivity contribution in [2.24, 2.45) is 17.4 Å². The fourth-order valence-electron chi connectivity index (χ4n) is 13.5. The number of phenols is 3. The van der Waals surface area contributed by atoms with E-state index < -0.39 is 250 Å². The van der Waals surface area contributed by atoms with Crippen molar-refractivity contribution >= 4 is 82.1 Å². The number of carbonyl (C=O) groups excluding carboxylic acids is 9. The van der Waals surface area contributed by atoms with Gasteiger partial charge in [-0.3, -0.25) is 43.2 Å². The summed E-state index contributed by atoms with van der Waals surface area (Å²) < 4.78 is 38.5. The summed E-state index contributed by atoms with van der Waals surface area (Å²) in [5.41, 5.74) is 8.50. The third-order valence-electron chi connectivity index (χ3n) is 19.3. The minimum atomic E-state index is -2.37. The molecule has 22 N–H and O–H groups in total. The number of fused-ring (bicyclic) bond motifs is 15. The van der Waals surface area contributed by atoms with Gasteiger partial charge in [0.25, 0.3) is 0 Å². The highest BCUT2D eigenvalue weighted by molar-refractivity contribution is 6.32. The van der Waals surface area contributed by atoms with Gasteiger partial charge in [0.2, 0.25) is 65.2 Å². The van der Waals surface area contributed by atoms with Gasteiger partial charge in [-0.25, -0.2) is 0 Å². The lowest BCUT2D eigenvalue weighted by Gasteiger charge is -2.47. The summed E-state index contributed by atoms with van der Waals surface area (Å²) in [7, 11) is 1.47. The van der Waals surface area contributed by atoms with Crippen molar-refractivity contribution in [2.45, 2.75) is 156 Å². The van der Waals surface area contributed by atoms with Crippen LogP contribution in [0.2, 0.25) is 10.0 Å². The van der Waals surface area contributed by atoms with E-state index in [1.165, 1.54) is 33.0 Å². The fraction of sp³-hybridized carbons (Fsp3) is 0.392. The number of hydrogen-bond donors (Lipinski definition) is 20. The van der Waals surface area contributed by atoms with Crippen molar-refractivity contribution in [3.05, 3.63) is 147 Å². The number of rotatable bonds is 16. The molecule has 13 rings (SSSR count). The van der Waals surface area contributed by atoms with E-state index in [4.69, 9.17) is 63.1 Å². The number of likely N-dealkylation sites (N-methyl/N-ethyl adjacent to an activating group) is 1. The van der Waals surface area contributed by atoms with Crippen LogP contribution in [-0.4, -0.2) is 198 Å². The number of primary amides is 1. The lowest BCUT2D eigenvalue weighted by molar-refractivity contribution is -0.333. The molecule has 35 nitrogen and oxygen atoms in total. The second kappa shape index (κ2) is 34.0. The number of para-hydroxylation sites is 1. The number of halogens is 2. The average molecular weight is 1580 g/mol. The third-order valence-corrected chi connectivity index (χ3v) is 19.9. The first-order chi connectivity index (χ1) is 52.6. The van der Waals surface area contributed by atoms with Crippen LogP contribution in [0.25, 0.3) is 11.1 Å². The molecular weight excluding hydrogens is 1500 g/mol. The van der Waals surface area contributed by atoms with Gasteiger partial charge < -0.3 is 134 Å². The molecule has 0 radical (unpaired) electrons. The summed E-state index contributed by atoms with van der Waals surface area (Å²) >= 11 is 14.2. The maximum Gasteiger partial charge on any atom is 0.248 e. The topological polar surface area (TPSA) is 551 Å². The fourth-order valence-corrected chi connectivity index (χ4v) is 14.0. The molecule has 592 valence electrons. The van der Waals surface area contributed by atoms with Crippen LogP contribution in [0.4, 0.5) is 5.69 Å². The van der Waals surface area contributed by atoms with Crippen molar-refractivity contribution in [1.29, 1.82) is 0 Å². The van der Waals surface area contributed by atoms with Crippen LogP contribution in [0.5, 0.6) is 46.0 Å². The summed E-state index contributed by atoms with van der Waals surface area (Å²) in [5.74, 6) is -16.2. The number of aliphatic hydroxyl groups excluding tert-OH is 6. The molecule has 0 aromatic heterocycles. The zero-order valence-corrected chi connectivity index (χ0v) is 61.4. The van der Waals surface area contributed by atoms with Gasteiger partial charge in [-0.2, -0.15) is 0 Å². The molecule has 6 aromatic rings. The Hall–Kier alpha value is -10.5. The Morgan fingerprint density at radius 1 is 0.694 bits per heavy atom. The average Bonchev–Trinajstić information content (AvgIpc) is 0.766. The molecule has 2 saturated heterocycles. The summed E-state index contributed by atoms with van der Waals surface area (Å²) in [6.45, 7) is 4.88. The zero-order chi connectivity index (χ0) is 80.4. The number of carbonyl (C=O) groups is 9. The molecule has 11 bridgehead atoms. The van der Waals surface area contributed by atoms with E-state index >= 15 is 19.2 Å². The maximum absolute atomic E-state index is 16.2. The van der Waals surface area contributed by atoms with Crippen molar-refractivity contribution in [1.82, 2.24) is 42.5 Å². The molecule has 37 heteroatoms. The molecule has 2 fully saturated rings. The number of ether oxygens (including phenoxy) is 6. The van der Waals surface area contributed by atoms with E-state index in [0.29, 0.717) is 5.69 Å². The molecule has 0 saturated carbocycles. The number of nitrogens with one attached hydrogen (secondary N) is 9. The SMILES string of the molecule is CN[C@H](CC(C)C)C(=O)N[C@H]1C(=O)N[C@@H](CC(N)=O)C(=O)NC2C(=O)N[C@H]3C(=O)N[C@H](C(=O)NC(C(=O)NCC(=O)Nc4ccccc4)c4cc(O)cc(O)c4-c4cc3ccc4O)[C@H](O)c3ccc(c(Cl)c3)Oc3cc2cc(c3O[C@@H]2O[C@H](CO)[C@@H](O)[C@H](O)[C@H]2OC2C[C@](C)(N)[C@H](O)[C@H](C)O2)Oc2ccc(cc2Cl)[C@H]1O. The molecule has 18 atom stereocenters. The molecule has 3 unspecified atom stereocenters. The Bertz CT molecular complexity index is 4580. The van der Waals surface area contributed by atoms with E-state index in [-0.39, 0.29) is 46.2 Å². The van der Waals surface area contributed by atoms with Gasteiger partial charge in [0.15, 0.2) is 23.9 Å². The quantitative estimate of drug-likeness (QED) is 0.0636. The molecule has 0 spiro atoms. The highest BCUT2D eigenvalue weighted by Gasteiger charge is 2.52. The molecular formula is C74H83Cl2N11O24. The number of benzene rings is 6. The second-order valence-electron chi connectivity index (χ2n) is 28.0. The Balaban J connectivity index is 1.14. The first kappa shape index (κ1) is 81.5. The zero-order valence-electron chi connectivity index (χ0n) is 59.9. The van der Waals surface area contributed by atoms with E-state index in [1.54, 1.807) is 30.3 Å². The number of phenolic OH excluding ortho intramolecular Hbond substituents is 3. The van der Waals surface area contributed by atoms with Crippen LogP contribution in [0.15, 0.2) is 109 Å². The highest BCUT2D eigenvalue weighted by atomic mass is 35.5. The van der Waals surface area contributed by atoms with Crippen LogP contribution in [0, 0.1) is 5.92 Å². The smallest absolute Gasteiger partial charge is 0.248 e. The number of anilines is 1. The number of amides is 9. The normalized spacial score (nSPS) is 27.7. The Labute approximate surface area is 642 Å². The molecule has 7 aliphatic rings. The third kappa shape index (κ3) is 18.1. The van der Waals surface area contributed by atoms with Gasteiger partial charge in [-0.15, -0.1) is 0 Å². The van der Waals surface area contributed by atoms with Crippen molar-refractivity contribution in [3.8, 4) is 57.1 Å². The van der Waals surface area contributed by atoms with Gasteiger partial charge in [0.05, 0.1) is 47.9 Å². The van der Waals surface area contributed by atoms with Gasteiger partial charge in [0, 0.05) is 34.8 Å². The van der Waals surface area contributed by atoms with Gasteiger partial charge in [-0.05, 0) is 128 Å². The van der Waals surface area contributed by atoms with Crippen molar-refractivity contribution < 1.29 is 118 Å². The second-order valence-corrected chi connectivity index (χ2v) is 28.8. The lowest BCUT2D eigenvalue weighted by Crippen LogP contribution is -2.64. The van der Waals surface area contributed by atoms with E-state index in [2.05, 4.69) is 47.9 Å². The Kier molecular flexibility index (Phi) is 25.0. The number of aliphatic hydroxyl groups is 6. The summed E-state index contributed by atoms with van der Waals surface area (Å²) in [6, 6.07) is 7.62. The van der Waals surface area contributed by atoms with Crippen LogP contribution in [0.3, 0.4) is 0 Å². The molecule has 9 amide bonds. The molecule has 111 heavy (non-hydrogen) atoms. The monoisotopic (exact) mass is 1580 g/mol. The maximum atomic E-state index is 16.2. The Morgan fingerprint density at radius 3 is 1.93 bits per heavy atom. The first-order valence-electron chi connectivity index (χ1n) is 35.0. The summed E-state index contributed by atoms with van der Waals surface area (Å²) in [6.07, 6.45) is -18.7. The lowest BCUT2D eigenvalue weighted by atomic mass is 9.86. The number of aromatic hydroxyl groups is 3.